The second-order valence-electron chi connectivity index (χ2n) is 5.15. The third-order valence-electron chi connectivity index (χ3n) is 3.53. The number of benzene rings is 1. The summed E-state index contributed by atoms with van der Waals surface area (Å²) in [6, 6.07) is 4.62. The van der Waals surface area contributed by atoms with Gasteiger partial charge in [0, 0.05) is 34.4 Å². The van der Waals surface area contributed by atoms with Crippen LogP contribution >= 0.6 is 17.9 Å². The van der Waals surface area contributed by atoms with Gasteiger partial charge in [0.05, 0.1) is 18.7 Å². The molecule has 130 valence electrons. The summed E-state index contributed by atoms with van der Waals surface area (Å²) in [6.45, 7) is 2.20. The topological polar surface area (TPSA) is 76.7 Å². The summed E-state index contributed by atoms with van der Waals surface area (Å²) in [6.07, 6.45) is 5.40. The number of carbonyl (C=O) groups is 1. The van der Waals surface area contributed by atoms with E-state index in [-0.39, 0.29) is 25.1 Å². The molecule has 0 saturated heterocycles. The Labute approximate surface area is 145 Å². The second kappa shape index (κ2) is 8.91. The Morgan fingerprint density at radius 1 is 1.46 bits per heavy atom. The molecule has 0 spiro atoms. The van der Waals surface area contributed by atoms with Crippen molar-refractivity contribution >= 4 is 34.7 Å². The van der Waals surface area contributed by atoms with Crippen LogP contribution in [0.5, 0.6) is 0 Å². The summed E-state index contributed by atoms with van der Waals surface area (Å²) in [7, 11) is 4.67. The van der Waals surface area contributed by atoms with Crippen LogP contribution in [0.15, 0.2) is 36.8 Å². The molecule has 3 atom stereocenters. The maximum absolute atomic E-state index is 13.2. The fourth-order valence-electron chi connectivity index (χ4n) is 2.31. The van der Waals surface area contributed by atoms with Crippen LogP contribution in [0.4, 0.5) is 4.39 Å². The highest BCUT2D eigenvalue weighted by Gasteiger charge is 2.12. The van der Waals surface area contributed by atoms with Crippen LogP contribution in [0, 0.1) is 11.7 Å². The zero-order valence-corrected chi connectivity index (χ0v) is 15.0. The highest BCUT2D eigenvalue weighted by molar-refractivity contribution is 7.92. The fraction of sp³-hybridized carbons (Fsp3) is 0.250. The number of aromatic nitrogens is 3. The minimum absolute atomic E-state index is 0. The van der Waals surface area contributed by atoms with Crippen LogP contribution in [0.3, 0.4) is 0 Å². The first-order chi connectivity index (χ1) is 11.0. The predicted octanol–water partition coefficient (Wildman–Crippen LogP) is 3.58. The summed E-state index contributed by atoms with van der Waals surface area (Å²) in [5.41, 5.74) is 7.85. The molecule has 0 fully saturated rings. The van der Waals surface area contributed by atoms with Crippen molar-refractivity contribution in [2.75, 3.05) is 0 Å². The molecule has 3 rings (SSSR count). The van der Waals surface area contributed by atoms with E-state index in [1.165, 1.54) is 12.1 Å². The number of halogens is 1. The Morgan fingerprint density at radius 3 is 2.83 bits per heavy atom. The van der Waals surface area contributed by atoms with E-state index in [1.807, 2.05) is 12.4 Å². The van der Waals surface area contributed by atoms with E-state index in [2.05, 4.69) is 27.9 Å². The average molecular weight is 368 g/mol. The average Bonchev–Trinajstić information content (AvgIpc) is 3.15. The number of hydrogen-bond donors (Lipinski definition) is 2. The molecule has 2 heterocycles. The van der Waals surface area contributed by atoms with Crippen molar-refractivity contribution in [1.82, 2.24) is 14.8 Å². The monoisotopic (exact) mass is 368 g/mol. The second-order valence-corrected chi connectivity index (χ2v) is 5.15. The Bertz CT molecular complexity index is 815. The van der Waals surface area contributed by atoms with E-state index in [0.717, 1.165) is 22.0 Å². The first-order valence-electron chi connectivity index (χ1n) is 6.96. The SMILES string of the molecule is C.CC(Cn1cc(-c2c[nH]c3cc(F)ccc23)cn1)C(N)=O.PP. The number of fused-ring (bicyclic) bond motifs is 1. The highest BCUT2D eigenvalue weighted by atomic mass is 32.0. The van der Waals surface area contributed by atoms with Crippen molar-refractivity contribution < 1.29 is 9.18 Å². The molecule has 8 heteroatoms. The molecule has 3 aromatic rings. The van der Waals surface area contributed by atoms with E-state index < -0.39 is 0 Å². The van der Waals surface area contributed by atoms with Crippen LogP contribution in [0.2, 0.25) is 0 Å². The van der Waals surface area contributed by atoms with Crippen molar-refractivity contribution in [3.05, 3.63) is 42.6 Å². The Kier molecular flexibility index (Phi) is 7.53. The van der Waals surface area contributed by atoms with E-state index >= 15 is 0 Å². The lowest BCUT2D eigenvalue weighted by Crippen LogP contribution is -2.24. The van der Waals surface area contributed by atoms with Crippen LogP contribution in [0.25, 0.3) is 22.0 Å². The van der Waals surface area contributed by atoms with Gasteiger partial charge in [0.2, 0.25) is 5.91 Å². The number of nitrogens with one attached hydrogen (secondary N) is 1. The van der Waals surface area contributed by atoms with Crippen LogP contribution < -0.4 is 5.73 Å². The number of carbonyl (C=O) groups excluding carboxylic acids is 1. The Hall–Kier alpha value is -1.77. The van der Waals surface area contributed by atoms with Gasteiger partial charge in [-0.15, -0.1) is 17.9 Å². The lowest BCUT2D eigenvalue weighted by Gasteiger charge is -2.06. The van der Waals surface area contributed by atoms with Gasteiger partial charge in [0.1, 0.15) is 5.82 Å². The largest absolute Gasteiger partial charge is 0.369 e. The Balaban J connectivity index is 0.000000925. The lowest BCUT2D eigenvalue weighted by molar-refractivity contribution is -0.121. The van der Waals surface area contributed by atoms with Gasteiger partial charge in [-0.05, 0) is 18.2 Å². The minimum atomic E-state index is -0.352. The van der Waals surface area contributed by atoms with Crippen LogP contribution in [-0.2, 0) is 11.3 Å². The van der Waals surface area contributed by atoms with Gasteiger partial charge < -0.3 is 10.7 Å². The number of rotatable bonds is 4. The summed E-state index contributed by atoms with van der Waals surface area (Å²) >= 11 is 0. The molecule has 0 radical (unpaired) electrons. The smallest absolute Gasteiger partial charge is 0.222 e. The molecule has 0 aliphatic rings. The van der Waals surface area contributed by atoms with Gasteiger partial charge in [-0.2, -0.15) is 5.10 Å². The molecular weight excluding hydrogens is 345 g/mol. The predicted molar refractivity (Wildman–Crippen MR) is 104 cm³/mol. The molecule has 0 aliphatic carbocycles. The third-order valence-corrected chi connectivity index (χ3v) is 3.53. The molecule has 1 aromatic carbocycles. The third kappa shape index (κ3) is 4.40. The van der Waals surface area contributed by atoms with Crippen LogP contribution in [0.1, 0.15) is 14.4 Å². The van der Waals surface area contributed by atoms with E-state index in [1.54, 1.807) is 23.9 Å². The lowest BCUT2D eigenvalue weighted by atomic mass is 10.1. The summed E-state index contributed by atoms with van der Waals surface area (Å²) in [5, 5.41) is 5.17. The van der Waals surface area contributed by atoms with Crippen LogP contribution in [-0.4, -0.2) is 20.7 Å². The van der Waals surface area contributed by atoms with Crippen molar-refractivity contribution in [1.29, 1.82) is 0 Å². The molecule has 1 amide bonds. The normalized spacial score (nSPS) is 11.3. The molecule has 0 bridgehead atoms. The van der Waals surface area contributed by atoms with Crippen molar-refractivity contribution in [2.45, 2.75) is 20.9 Å². The van der Waals surface area contributed by atoms with Gasteiger partial charge in [-0.1, -0.05) is 14.4 Å². The standard InChI is InChI=1S/C15H15FN4O.CH4.H4P2/c1-9(15(17)21)7-20-8-10(5-19-20)13-6-18-14-4-11(16)2-3-12(13)14;;1-2/h2-6,8-9,18H,7H2,1H3,(H2,17,21);1H4;1-2H2. The minimum Gasteiger partial charge on any atom is -0.369 e. The molecule has 2 aromatic heterocycles. The van der Waals surface area contributed by atoms with Crippen molar-refractivity contribution in [2.24, 2.45) is 11.7 Å². The first-order valence-corrected chi connectivity index (χ1v) is 9.63. The number of amides is 1. The number of primary amides is 1. The summed E-state index contributed by atoms with van der Waals surface area (Å²) in [4.78, 5) is 14.1. The van der Waals surface area contributed by atoms with Gasteiger partial charge in [-0.3, -0.25) is 9.48 Å². The van der Waals surface area contributed by atoms with Gasteiger partial charge in [0.15, 0.2) is 0 Å². The molecule has 3 unspecified atom stereocenters. The van der Waals surface area contributed by atoms with E-state index in [9.17, 15) is 9.18 Å². The first kappa shape index (κ1) is 20.3. The molecular formula is C16H23FN4OP2. The van der Waals surface area contributed by atoms with Gasteiger partial charge in [0.25, 0.3) is 0 Å². The summed E-state index contributed by atoms with van der Waals surface area (Å²) < 4.78 is 14.9. The zero-order valence-electron chi connectivity index (χ0n) is 12.7. The molecule has 0 saturated carbocycles. The molecule has 3 N–H and O–H groups in total. The molecule has 5 nitrogen and oxygen atoms in total. The number of nitrogens with two attached hydrogens (primary N) is 1. The summed E-state index contributed by atoms with van der Waals surface area (Å²) in [5.74, 6) is -0.911. The Morgan fingerprint density at radius 2 is 2.17 bits per heavy atom. The molecule has 24 heavy (non-hydrogen) atoms. The van der Waals surface area contributed by atoms with Gasteiger partial charge >= 0.3 is 0 Å². The number of hydrogen-bond acceptors (Lipinski definition) is 2. The maximum atomic E-state index is 13.2. The molecule has 0 aliphatic heterocycles. The quantitative estimate of drug-likeness (QED) is 0.691. The van der Waals surface area contributed by atoms with Crippen molar-refractivity contribution in [3.8, 4) is 11.1 Å². The van der Waals surface area contributed by atoms with Crippen molar-refractivity contribution in [3.63, 3.8) is 0 Å². The van der Waals surface area contributed by atoms with Gasteiger partial charge in [-0.25, -0.2) is 4.39 Å². The zero-order chi connectivity index (χ0) is 17.0. The maximum Gasteiger partial charge on any atom is 0.222 e. The number of aromatic amines is 1. The van der Waals surface area contributed by atoms with E-state index in [0.29, 0.717) is 6.54 Å². The van der Waals surface area contributed by atoms with E-state index in [4.69, 9.17) is 5.73 Å². The number of H-pyrrole nitrogens is 1. The highest BCUT2D eigenvalue weighted by Crippen LogP contribution is 2.28. The number of nitrogens with zero attached hydrogens (tertiary/aromatic N) is 2. The fourth-order valence-corrected chi connectivity index (χ4v) is 2.31.